The van der Waals surface area contributed by atoms with E-state index in [-0.39, 0.29) is 43.2 Å². The fraction of sp³-hybridized carbons (Fsp3) is 0.429. The van der Waals surface area contributed by atoms with E-state index in [1.165, 1.54) is 17.0 Å². The molecule has 0 unspecified atom stereocenters. The summed E-state index contributed by atoms with van der Waals surface area (Å²) in [5.74, 6) is 4.25. The van der Waals surface area contributed by atoms with Crippen molar-refractivity contribution in [3.05, 3.63) is 64.0 Å². The third-order valence-electron chi connectivity index (χ3n) is 7.26. The van der Waals surface area contributed by atoms with Crippen LogP contribution in [0.15, 0.2) is 30.3 Å². The van der Waals surface area contributed by atoms with Crippen LogP contribution in [-0.4, -0.2) is 40.4 Å². The van der Waals surface area contributed by atoms with Crippen molar-refractivity contribution < 1.29 is 27.6 Å². The number of rotatable bonds is 2. The van der Waals surface area contributed by atoms with E-state index in [4.69, 9.17) is 0 Å². The van der Waals surface area contributed by atoms with E-state index in [1.54, 1.807) is 6.92 Å². The minimum absolute atomic E-state index is 0.119. The fourth-order valence-corrected chi connectivity index (χ4v) is 5.57. The first-order valence-electron chi connectivity index (χ1n) is 11.9. The van der Waals surface area contributed by atoms with Crippen LogP contribution in [0.1, 0.15) is 77.0 Å². The number of halogens is 3. The first-order valence-corrected chi connectivity index (χ1v) is 11.9. The number of hydrogen-bond donors (Lipinski definition) is 0. The average Bonchev–Trinajstić information content (AvgIpc) is 2.80. The number of aromatic nitrogens is 1. The Morgan fingerprint density at radius 2 is 1.64 bits per heavy atom. The molecular formula is C28H27F3N2O3. The van der Waals surface area contributed by atoms with Gasteiger partial charge >= 0.3 is 6.18 Å². The lowest BCUT2D eigenvalue weighted by Crippen LogP contribution is -2.48. The van der Waals surface area contributed by atoms with Gasteiger partial charge in [0.15, 0.2) is 0 Å². The molecule has 1 saturated heterocycles. The lowest BCUT2D eigenvalue weighted by atomic mass is 9.62. The summed E-state index contributed by atoms with van der Waals surface area (Å²) in [6.45, 7) is 6.04. The standard InChI is InChI=1S/C28H27F3N2O3/c1-4-6-19-13-17(2)24(18(3)14-19)25-21(34)15-27(16-22(25)35)9-11-33(12-10-27)26(36)20-7-5-8-23(32-20)28(29,30)31/h5,7-8,13-14,25H,9-12,15-16H2,1-3H3. The van der Waals surface area contributed by atoms with Crippen molar-refractivity contribution in [2.45, 2.75) is 58.5 Å². The van der Waals surface area contributed by atoms with Gasteiger partial charge in [0, 0.05) is 31.5 Å². The van der Waals surface area contributed by atoms with E-state index in [9.17, 15) is 27.6 Å². The molecule has 1 aliphatic heterocycles. The van der Waals surface area contributed by atoms with Gasteiger partial charge in [-0.2, -0.15) is 13.2 Å². The van der Waals surface area contributed by atoms with E-state index >= 15 is 0 Å². The molecule has 1 aromatic carbocycles. The van der Waals surface area contributed by atoms with Gasteiger partial charge in [-0.25, -0.2) is 4.98 Å². The number of nitrogens with zero attached hydrogens (tertiary/aromatic N) is 2. The highest BCUT2D eigenvalue weighted by Gasteiger charge is 2.48. The number of ketones is 2. The zero-order chi connectivity index (χ0) is 26.3. The molecule has 4 rings (SSSR count). The highest BCUT2D eigenvalue weighted by atomic mass is 19.4. The maximum Gasteiger partial charge on any atom is 0.433 e. The number of likely N-dealkylation sites (tertiary alicyclic amines) is 1. The molecule has 5 nitrogen and oxygen atoms in total. The molecule has 8 heteroatoms. The zero-order valence-corrected chi connectivity index (χ0v) is 20.5. The number of carbonyl (C=O) groups excluding carboxylic acids is 3. The van der Waals surface area contributed by atoms with Gasteiger partial charge in [-0.1, -0.05) is 12.0 Å². The van der Waals surface area contributed by atoms with E-state index in [0.717, 1.165) is 28.3 Å². The van der Waals surface area contributed by atoms with Crippen molar-refractivity contribution >= 4 is 17.5 Å². The Bertz CT molecular complexity index is 1250. The summed E-state index contributed by atoms with van der Waals surface area (Å²) >= 11 is 0. The molecule has 1 aromatic heterocycles. The lowest BCUT2D eigenvalue weighted by molar-refractivity contribution is -0.141. The van der Waals surface area contributed by atoms with Crippen molar-refractivity contribution in [1.82, 2.24) is 9.88 Å². The molecule has 0 radical (unpaired) electrons. The maximum atomic E-state index is 13.3. The summed E-state index contributed by atoms with van der Waals surface area (Å²) in [6, 6.07) is 7.05. The summed E-state index contributed by atoms with van der Waals surface area (Å²) in [5.41, 5.74) is 1.42. The smallest absolute Gasteiger partial charge is 0.337 e. The molecule has 2 heterocycles. The van der Waals surface area contributed by atoms with Crippen LogP contribution < -0.4 is 0 Å². The molecule has 1 amide bonds. The minimum atomic E-state index is -4.64. The molecule has 1 saturated carbocycles. The predicted octanol–water partition coefficient (Wildman–Crippen LogP) is 5.03. The molecular weight excluding hydrogens is 469 g/mol. The van der Waals surface area contributed by atoms with Crippen molar-refractivity contribution in [2.75, 3.05) is 13.1 Å². The predicted molar refractivity (Wildman–Crippen MR) is 127 cm³/mol. The molecule has 1 aliphatic carbocycles. The Morgan fingerprint density at radius 1 is 1.06 bits per heavy atom. The molecule has 2 aromatic rings. The third kappa shape index (κ3) is 4.92. The van der Waals surface area contributed by atoms with Crippen molar-refractivity contribution in [2.24, 2.45) is 5.41 Å². The van der Waals surface area contributed by atoms with Gasteiger partial charge in [-0.05, 0) is 80.0 Å². The first-order chi connectivity index (χ1) is 16.9. The second-order valence-corrected chi connectivity index (χ2v) is 9.82. The lowest BCUT2D eigenvalue weighted by Gasteiger charge is -2.44. The van der Waals surface area contributed by atoms with Crippen LogP contribution in [0.5, 0.6) is 0 Å². The van der Waals surface area contributed by atoms with Crippen LogP contribution in [0, 0.1) is 31.1 Å². The number of aryl methyl sites for hydroxylation is 2. The van der Waals surface area contributed by atoms with E-state index in [0.29, 0.717) is 12.8 Å². The maximum absolute atomic E-state index is 13.3. The molecule has 2 fully saturated rings. The van der Waals surface area contributed by atoms with Crippen LogP contribution in [0.2, 0.25) is 0 Å². The van der Waals surface area contributed by atoms with Crippen LogP contribution in [-0.2, 0) is 15.8 Å². The Morgan fingerprint density at radius 3 is 2.17 bits per heavy atom. The normalized spacial score (nSPS) is 18.2. The number of benzene rings is 1. The quantitative estimate of drug-likeness (QED) is 0.432. The second-order valence-electron chi connectivity index (χ2n) is 9.82. The van der Waals surface area contributed by atoms with E-state index in [2.05, 4.69) is 16.8 Å². The Balaban J connectivity index is 1.48. The largest absolute Gasteiger partial charge is 0.433 e. The van der Waals surface area contributed by atoms with Gasteiger partial charge in [-0.15, -0.1) is 5.92 Å². The van der Waals surface area contributed by atoms with Crippen molar-refractivity contribution in [1.29, 1.82) is 0 Å². The summed E-state index contributed by atoms with van der Waals surface area (Å²) in [4.78, 5) is 44.4. The topological polar surface area (TPSA) is 67.3 Å². The monoisotopic (exact) mass is 496 g/mol. The molecule has 0 atom stereocenters. The van der Waals surface area contributed by atoms with E-state index < -0.39 is 29.1 Å². The van der Waals surface area contributed by atoms with Crippen molar-refractivity contribution in [3.63, 3.8) is 0 Å². The number of amides is 1. The molecule has 0 bridgehead atoms. The number of pyridine rings is 1. The molecule has 0 N–H and O–H groups in total. The van der Waals surface area contributed by atoms with Crippen LogP contribution in [0.4, 0.5) is 13.2 Å². The van der Waals surface area contributed by atoms with Gasteiger partial charge in [-0.3, -0.25) is 14.4 Å². The van der Waals surface area contributed by atoms with Crippen LogP contribution in [0.3, 0.4) is 0 Å². The third-order valence-corrected chi connectivity index (χ3v) is 7.26. The van der Waals surface area contributed by atoms with Gasteiger partial charge in [0.2, 0.25) is 0 Å². The van der Waals surface area contributed by atoms with Gasteiger partial charge in [0.25, 0.3) is 5.91 Å². The fourth-order valence-electron chi connectivity index (χ4n) is 5.57. The number of Topliss-reactive ketones (excluding diaryl/α,β-unsaturated/α-hetero) is 2. The first kappa shape index (κ1) is 25.6. The van der Waals surface area contributed by atoms with Gasteiger partial charge < -0.3 is 4.90 Å². The highest BCUT2D eigenvalue weighted by Crippen LogP contribution is 2.46. The van der Waals surface area contributed by atoms with Gasteiger partial charge in [0.1, 0.15) is 28.9 Å². The zero-order valence-electron chi connectivity index (χ0n) is 20.5. The second kappa shape index (κ2) is 9.53. The summed E-state index contributed by atoms with van der Waals surface area (Å²) in [5, 5.41) is 0. The summed E-state index contributed by atoms with van der Waals surface area (Å²) in [7, 11) is 0. The number of hydrogen-bond acceptors (Lipinski definition) is 4. The molecule has 188 valence electrons. The summed E-state index contributed by atoms with van der Waals surface area (Å²) in [6.07, 6.45) is -3.29. The van der Waals surface area contributed by atoms with Crippen molar-refractivity contribution in [3.8, 4) is 11.8 Å². The van der Waals surface area contributed by atoms with Crippen LogP contribution in [0.25, 0.3) is 0 Å². The Hall–Kier alpha value is -3.47. The number of piperidine rings is 1. The average molecular weight is 497 g/mol. The Labute approximate surface area is 208 Å². The van der Waals surface area contributed by atoms with Crippen LogP contribution >= 0.6 is 0 Å². The Kier molecular flexibility index (Phi) is 6.78. The minimum Gasteiger partial charge on any atom is -0.337 e. The van der Waals surface area contributed by atoms with E-state index in [1.807, 2.05) is 26.0 Å². The SMILES string of the molecule is CC#Cc1cc(C)c(C2C(=O)CC3(CCN(C(=O)c4cccc(C(F)(F)F)n4)CC3)CC2=O)c(C)c1. The number of alkyl halides is 3. The molecule has 2 aliphatic rings. The molecule has 36 heavy (non-hydrogen) atoms. The summed E-state index contributed by atoms with van der Waals surface area (Å²) < 4.78 is 39.0. The number of carbonyl (C=O) groups is 3. The highest BCUT2D eigenvalue weighted by molar-refractivity contribution is 6.10. The molecule has 1 spiro atoms. The van der Waals surface area contributed by atoms with Gasteiger partial charge in [0.05, 0.1) is 0 Å².